The number of benzene rings is 1. The largest absolute Gasteiger partial charge is 0.461 e. The van der Waals surface area contributed by atoms with Crippen LogP contribution >= 0.6 is 0 Å². The van der Waals surface area contributed by atoms with E-state index >= 15 is 0 Å². The van der Waals surface area contributed by atoms with Gasteiger partial charge in [0.25, 0.3) is 0 Å². The van der Waals surface area contributed by atoms with E-state index in [1.54, 1.807) is 0 Å². The Morgan fingerprint density at radius 1 is 0.815 bits per heavy atom. The number of hydrogen-bond donors (Lipinski definition) is 0. The van der Waals surface area contributed by atoms with Crippen LogP contribution in [0.2, 0.25) is 0 Å². The van der Waals surface area contributed by atoms with Crippen molar-refractivity contribution in [3.05, 3.63) is 60.2 Å². The van der Waals surface area contributed by atoms with E-state index in [0.29, 0.717) is 13.0 Å². The van der Waals surface area contributed by atoms with Crippen molar-refractivity contribution in [3.63, 3.8) is 0 Å². The molecule has 2 nitrogen and oxygen atoms in total. The van der Waals surface area contributed by atoms with E-state index in [1.165, 1.54) is 51.4 Å². The zero-order valence-corrected chi connectivity index (χ0v) is 17.2. The first kappa shape index (κ1) is 23.2. The van der Waals surface area contributed by atoms with Crippen LogP contribution in [0.15, 0.2) is 54.6 Å². The van der Waals surface area contributed by atoms with Crippen molar-refractivity contribution in [2.45, 2.75) is 90.6 Å². The molecule has 0 aliphatic rings. The summed E-state index contributed by atoms with van der Waals surface area (Å²) in [6.07, 6.45) is 22.9. The number of allylic oxidation sites excluding steroid dienone is 4. The molecule has 0 saturated carbocycles. The molecule has 2 heteroatoms. The number of rotatable bonds is 16. The molecule has 0 aliphatic carbocycles. The monoisotopic (exact) mass is 370 g/mol. The third kappa shape index (κ3) is 15.0. The Kier molecular flexibility index (Phi) is 15.1. The van der Waals surface area contributed by atoms with Gasteiger partial charge in [-0.3, -0.25) is 4.79 Å². The van der Waals surface area contributed by atoms with Crippen LogP contribution in [0.1, 0.15) is 89.5 Å². The summed E-state index contributed by atoms with van der Waals surface area (Å²) in [6.45, 7) is 2.63. The Bertz CT molecular complexity index is 516. The van der Waals surface area contributed by atoms with Crippen LogP contribution in [0.5, 0.6) is 0 Å². The van der Waals surface area contributed by atoms with E-state index in [0.717, 1.165) is 24.8 Å². The van der Waals surface area contributed by atoms with Gasteiger partial charge in [0.05, 0.1) is 0 Å². The second-order valence-electron chi connectivity index (χ2n) is 7.13. The first-order valence-electron chi connectivity index (χ1n) is 10.8. The fourth-order valence-corrected chi connectivity index (χ4v) is 2.89. The zero-order chi connectivity index (χ0) is 19.4. The molecular formula is C25H38O2. The Morgan fingerprint density at radius 3 is 2.15 bits per heavy atom. The highest BCUT2D eigenvalue weighted by Gasteiger charge is 2.02. The summed E-state index contributed by atoms with van der Waals surface area (Å²) in [6, 6.07) is 9.85. The summed E-state index contributed by atoms with van der Waals surface area (Å²) < 4.78 is 5.29. The van der Waals surface area contributed by atoms with E-state index in [1.807, 2.05) is 30.3 Å². The lowest BCUT2D eigenvalue weighted by molar-refractivity contribution is -0.145. The predicted octanol–water partition coefficient (Wildman–Crippen LogP) is 7.54. The lowest BCUT2D eigenvalue weighted by Crippen LogP contribution is -2.04. The highest BCUT2D eigenvalue weighted by molar-refractivity contribution is 5.69. The van der Waals surface area contributed by atoms with Crippen LogP contribution in [0.3, 0.4) is 0 Å². The normalized spacial score (nSPS) is 11.4. The topological polar surface area (TPSA) is 26.3 Å². The van der Waals surface area contributed by atoms with Gasteiger partial charge in [-0.05, 0) is 44.1 Å². The molecule has 0 radical (unpaired) electrons. The van der Waals surface area contributed by atoms with Gasteiger partial charge >= 0.3 is 5.97 Å². The molecule has 0 bridgehead atoms. The molecule has 0 atom stereocenters. The first-order chi connectivity index (χ1) is 13.3. The average Bonchev–Trinajstić information content (AvgIpc) is 2.70. The summed E-state index contributed by atoms with van der Waals surface area (Å²) in [7, 11) is 0. The SMILES string of the molecule is CCCCC/C=C/C/C=C/CCCCCCCC(=O)OCc1ccccc1. The summed E-state index contributed by atoms with van der Waals surface area (Å²) in [4.78, 5) is 11.7. The summed E-state index contributed by atoms with van der Waals surface area (Å²) in [5.74, 6) is -0.0791. The van der Waals surface area contributed by atoms with Gasteiger partial charge < -0.3 is 4.74 Å². The molecule has 0 fully saturated rings. The maximum atomic E-state index is 11.7. The minimum Gasteiger partial charge on any atom is -0.461 e. The van der Waals surface area contributed by atoms with E-state index in [2.05, 4.69) is 31.2 Å². The molecular weight excluding hydrogens is 332 g/mol. The Labute approximate surface area is 166 Å². The Hall–Kier alpha value is -1.83. The molecule has 0 amide bonds. The van der Waals surface area contributed by atoms with Gasteiger partial charge in [-0.1, -0.05) is 93.7 Å². The van der Waals surface area contributed by atoms with Gasteiger partial charge in [-0.25, -0.2) is 0 Å². The second kappa shape index (κ2) is 17.6. The molecule has 1 aromatic carbocycles. The van der Waals surface area contributed by atoms with Gasteiger partial charge in [0.2, 0.25) is 0 Å². The van der Waals surface area contributed by atoms with Crippen LogP contribution in [0, 0.1) is 0 Å². The van der Waals surface area contributed by atoms with Crippen molar-refractivity contribution in [3.8, 4) is 0 Å². The van der Waals surface area contributed by atoms with Gasteiger partial charge in [-0.2, -0.15) is 0 Å². The van der Waals surface area contributed by atoms with Crippen LogP contribution < -0.4 is 0 Å². The minimum atomic E-state index is -0.0791. The highest BCUT2D eigenvalue weighted by Crippen LogP contribution is 2.09. The second-order valence-corrected chi connectivity index (χ2v) is 7.13. The summed E-state index contributed by atoms with van der Waals surface area (Å²) in [5.41, 5.74) is 1.05. The van der Waals surface area contributed by atoms with Crippen LogP contribution in [-0.2, 0) is 16.1 Å². The Morgan fingerprint density at radius 2 is 1.44 bits per heavy atom. The fraction of sp³-hybridized carbons (Fsp3) is 0.560. The molecule has 0 unspecified atom stereocenters. The highest BCUT2D eigenvalue weighted by atomic mass is 16.5. The van der Waals surface area contributed by atoms with Crippen LogP contribution in [-0.4, -0.2) is 5.97 Å². The molecule has 0 N–H and O–H groups in total. The van der Waals surface area contributed by atoms with E-state index in [9.17, 15) is 4.79 Å². The smallest absolute Gasteiger partial charge is 0.306 e. The standard InChI is InChI=1S/C25H38O2/c1-2-3-4-5-6-7-8-9-10-11-12-13-14-15-19-22-25(26)27-23-24-20-17-16-18-21-24/h6-7,9-10,16-18,20-21H,2-5,8,11-15,19,22-23H2,1H3/b7-6+,10-9+. The summed E-state index contributed by atoms with van der Waals surface area (Å²) in [5, 5.41) is 0. The molecule has 0 heterocycles. The minimum absolute atomic E-state index is 0.0791. The van der Waals surface area contributed by atoms with E-state index in [4.69, 9.17) is 4.74 Å². The number of hydrogen-bond acceptors (Lipinski definition) is 2. The number of unbranched alkanes of at least 4 members (excludes halogenated alkanes) is 8. The third-order valence-corrected chi connectivity index (χ3v) is 4.57. The molecule has 0 aromatic heterocycles. The number of ether oxygens (including phenoxy) is 1. The van der Waals surface area contributed by atoms with Gasteiger partial charge in [0.15, 0.2) is 0 Å². The maximum Gasteiger partial charge on any atom is 0.306 e. The lowest BCUT2D eigenvalue weighted by atomic mass is 10.1. The van der Waals surface area contributed by atoms with Crippen molar-refractivity contribution in [2.24, 2.45) is 0 Å². The van der Waals surface area contributed by atoms with Crippen molar-refractivity contribution < 1.29 is 9.53 Å². The molecule has 0 saturated heterocycles. The Balaban J connectivity index is 1.85. The fourth-order valence-electron chi connectivity index (χ4n) is 2.89. The molecule has 27 heavy (non-hydrogen) atoms. The quantitative estimate of drug-likeness (QED) is 0.171. The summed E-state index contributed by atoms with van der Waals surface area (Å²) >= 11 is 0. The van der Waals surface area contributed by atoms with E-state index in [-0.39, 0.29) is 5.97 Å². The molecule has 150 valence electrons. The van der Waals surface area contributed by atoms with Gasteiger partial charge in [-0.15, -0.1) is 0 Å². The third-order valence-electron chi connectivity index (χ3n) is 4.57. The molecule has 1 aromatic rings. The van der Waals surface area contributed by atoms with Crippen molar-refractivity contribution >= 4 is 5.97 Å². The average molecular weight is 371 g/mol. The van der Waals surface area contributed by atoms with Crippen molar-refractivity contribution in [1.29, 1.82) is 0 Å². The molecule has 0 spiro atoms. The van der Waals surface area contributed by atoms with Crippen molar-refractivity contribution in [1.82, 2.24) is 0 Å². The van der Waals surface area contributed by atoms with E-state index < -0.39 is 0 Å². The number of carbonyl (C=O) groups is 1. The van der Waals surface area contributed by atoms with Crippen LogP contribution in [0.4, 0.5) is 0 Å². The molecule has 1 rings (SSSR count). The molecule has 0 aliphatic heterocycles. The van der Waals surface area contributed by atoms with Crippen LogP contribution in [0.25, 0.3) is 0 Å². The van der Waals surface area contributed by atoms with Crippen molar-refractivity contribution in [2.75, 3.05) is 0 Å². The zero-order valence-electron chi connectivity index (χ0n) is 17.2. The maximum absolute atomic E-state index is 11.7. The number of carbonyl (C=O) groups excluding carboxylic acids is 1. The van der Waals surface area contributed by atoms with Gasteiger partial charge in [0.1, 0.15) is 6.61 Å². The number of esters is 1. The lowest BCUT2D eigenvalue weighted by Gasteiger charge is -2.05. The first-order valence-corrected chi connectivity index (χ1v) is 10.8. The van der Waals surface area contributed by atoms with Gasteiger partial charge in [0, 0.05) is 6.42 Å². The predicted molar refractivity (Wildman–Crippen MR) is 116 cm³/mol.